The molecule has 0 atom stereocenters. The summed E-state index contributed by atoms with van der Waals surface area (Å²) >= 11 is 6.04. The van der Waals surface area contributed by atoms with Gasteiger partial charge in [-0.2, -0.15) is 4.98 Å². The third-order valence-electron chi connectivity index (χ3n) is 4.43. The summed E-state index contributed by atoms with van der Waals surface area (Å²) in [4.78, 5) is 19.3. The molecule has 6 nitrogen and oxygen atoms in total. The summed E-state index contributed by atoms with van der Waals surface area (Å²) in [6.45, 7) is 0.348. The summed E-state index contributed by atoms with van der Waals surface area (Å²) in [6, 6.07) is 8.64. The summed E-state index contributed by atoms with van der Waals surface area (Å²) < 4.78 is 31.9. The quantitative estimate of drug-likeness (QED) is 0.496. The van der Waals surface area contributed by atoms with Crippen molar-refractivity contribution in [2.75, 3.05) is 6.54 Å². The Kier molecular flexibility index (Phi) is 5.26. The largest absolute Gasteiger partial charge is 0.361 e. The monoisotopic (exact) mass is 416 g/mol. The van der Waals surface area contributed by atoms with Crippen LogP contribution in [0.1, 0.15) is 27.6 Å². The first-order valence-electron chi connectivity index (χ1n) is 8.80. The number of fused-ring (bicyclic) bond motifs is 1. The lowest BCUT2D eigenvalue weighted by atomic mass is 10.1. The lowest BCUT2D eigenvalue weighted by Crippen LogP contribution is -2.26. The predicted molar refractivity (Wildman–Crippen MR) is 103 cm³/mol. The van der Waals surface area contributed by atoms with Gasteiger partial charge in [-0.05, 0) is 48.4 Å². The molecule has 0 spiro atoms. The fraction of sp³-hybridized carbons (Fsp3) is 0.150. The maximum absolute atomic E-state index is 13.7. The Hall–Kier alpha value is -3.26. The van der Waals surface area contributed by atoms with Gasteiger partial charge in [0.1, 0.15) is 11.6 Å². The van der Waals surface area contributed by atoms with Crippen LogP contribution in [0.2, 0.25) is 5.02 Å². The SMILES string of the molecule is O=C(NCCc1c[nH]c2ccc(Cl)cc12)c1noc(Cc2cc(F)ccc2F)n1. The van der Waals surface area contributed by atoms with Crippen LogP contribution in [0.25, 0.3) is 10.9 Å². The molecular weight excluding hydrogens is 402 g/mol. The topological polar surface area (TPSA) is 83.8 Å². The molecule has 2 N–H and O–H groups in total. The smallest absolute Gasteiger partial charge is 0.292 e. The second kappa shape index (κ2) is 8.00. The standard InChI is InChI=1S/C20H15ClF2N4O2/c21-13-1-4-17-15(9-13)11(10-25-17)5-6-24-20(28)19-26-18(29-27-19)8-12-7-14(22)2-3-16(12)23/h1-4,7,9-10,25H,5-6,8H2,(H,24,28). The van der Waals surface area contributed by atoms with Gasteiger partial charge < -0.3 is 14.8 Å². The molecule has 0 unspecified atom stereocenters. The van der Waals surface area contributed by atoms with Crippen molar-refractivity contribution >= 4 is 28.4 Å². The Morgan fingerprint density at radius 1 is 1.17 bits per heavy atom. The van der Waals surface area contributed by atoms with Crippen LogP contribution < -0.4 is 5.32 Å². The van der Waals surface area contributed by atoms with Crippen LogP contribution in [-0.4, -0.2) is 27.6 Å². The number of hydrogen-bond donors (Lipinski definition) is 2. The van der Waals surface area contributed by atoms with E-state index >= 15 is 0 Å². The van der Waals surface area contributed by atoms with Crippen LogP contribution >= 0.6 is 11.6 Å². The molecule has 0 radical (unpaired) electrons. The lowest BCUT2D eigenvalue weighted by molar-refractivity contribution is 0.0941. The molecule has 0 aliphatic carbocycles. The molecule has 29 heavy (non-hydrogen) atoms. The number of rotatable bonds is 6. The van der Waals surface area contributed by atoms with Gasteiger partial charge in [0, 0.05) is 34.2 Å². The molecular formula is C20H15ClF2N4O2. The van der Waals surface area contributed by atoms with E-state index in [0.29, 0.717) is 18.0 Å². The van der Waals surface area contributed by atoms with Crippen LogP contribution in [0.3, 0.4) is 0 Å². The lowest BCUT2D eigenvalue weighted by Gasteiger charge is -2.02. The number of nitrogens with one attached hydrogen (secondary N) is 2. The zero-order valence-corrected chi connectivity index (χ0v) is 15.8. The van der Waals surface area contributed by atoms with Crippen molar-refractivity contribution < 1.29 is 18.1 Å². The van der Waals surface area contributed by atoms with Crippen LogP contribution in [0.15, 0.2) is 47.1 Å². The molecule has 4 rings (SSSR count). The molecule has 148 valence electrons. The Balaban J connectivity index is 1.36. The van der Waals surface area contributed by atoms with Gasteiger partial charge in [-0.3, -0.25) is 4.79 Å². The van der Waals surface area contributed by atoms with Crippen molar-refractivity contribution in [1.82, 2.24) is 20.4 Å². The van der Waals surface area contributed by atoms with Crippen LogP contribution in [0, 0.1) is 11.6 Å². The molecule has 0 aliphatic rings. The average Bonchev–Trinajstić information content (AvgIpc) is 3.32. The van der Waals surface area contributed by atoms with E-state index in [0.717, 1.165) is 34.7 Å². The predicted octanol–water partition coefficient (Wildman–Crippen LogP) is 4.05. The summed E-state index contributed by atoms with van der Waals surface area (Å²) in [6.07, 6.45) is 2.33. The Bertz CT molecular complexity index is 1190. The van der Waals surface area contributed by atoms with E-state index in [1.165, 1.54) is 0 Å². The molecule has 0 fully saturated rings. The Labute approximate surface area is 168 Å². The number of nitrogens with zero attached hydrogens (tertiary/aromatic N) is 2. The van der Waals surface area contributed by atoms with Gasteiger partial charge >= 0.3 is 0 Å². The fourth-order valence-electron chi connectivity index (χ4n) is 3.01. The number of carbonyl (C=O) groups is 1. The summed E-state index contributed by atoms with van der Waals surface area (Å²) in [5.74, 6) is -1.82. The zero-order valence-electron chi connectivity index (χ0n) is 15.0. The van der Waals surface area contributed by atoms with Crippen molar-refractivity contribution in [3.63, 3.8) is 0 Å². The maximum Gasteiger partial charge on any atom is 0.292 e. The number of aromatic nitrogens is 3. The van der Waals surface area contributed by atoms with Gasteiger partial charge in [0.2, 0.25) is 5.89 Å². The zero-order chi connectivity index (χ0) is 20.4. The molecule has 0 saturated heterocycles. The highest BCUT2D eigenvalue weighted by atomic mass is 35.5. The molecule has 2 heterocycles. The van der Waals surface area contributed by atoms with Crippen LogP contribution in [0.5, 0.6) is 0 Å². The van der Waals surface area contributed by atoms with Crippen LogP contribution in [0.4, 0.5) is 8.78 Å². The highest BCUT2D eigenvalue weighted by Gasteiger charge is 2.16. The maximum atomic E-state index is 13.7. The first-order chi connectivity index (χ1) is 14.0. The summed E-state index contributed by atoms with van der Waals surface area (Å²) in [5, 5.41) is 7.94. The normalized spacial score (nSPS) is 11.1. The first kappa shape index (κ1) is 19.1. The minimum atomic E-state index is -0.588. The van der Waals surface area contributed by atoms with Gasteiger partial charge in [-0.15, -0.1) is 0 Å². The van der Waals surface area contributed by atoms with E-state index in [9.17, 15) is 13.6 Å². The average molecular weight is 417 g/mol. The number of aromatic amines is 1. The van der Waals surface area contributed by atoms with E-state index in [2.05, 4.69) is 20.4 Å². The molecule has 0 bridgehead atoms. The highest BCUT2D eigenvalue weighted by molar-refractivity contribution is 6.31. The number of carbonyl (C=O) groups excluding carboxylic acids is 1. The third kappa shape index (κ3) is 4.27. The van der Waals surface area contributed by atoms with Gasteiger partial charge in [0.25, 0.3) is 11.7 Å². The Morgan fingerprint density at radius 3 is 2.90 bits per heavy atom. The van der Waals surface area contributed by atoms with Crippen molar-refractivity contribution in [2.24, 2.45) is 0 Å². The molecule has 2 aromatic heterocycles. The number of amides is 1. The minimum absolute atomic E-state index is 0.0194. The summed E-state index contributed by atoms with van der Waals surface area (Å²) in [7, 11) is 0. The molecule has 0 aliphatic heterocycles. The minimum Gasteiger partial charge on any atom is -0.361 e. The number of H-pyrrole nitrogens is 1. The van der Waals surface area contributed by atoms with E-state index in [-0.39, 0.29) is 23.7 Å². The number of halogens is 3. The van der Waals surface area contributed by atoms with Crippen molar-refractivity contribution in [3.05, 3.63) is 82.1 Å². The molecule has 9 heteroatoms. The molecule has 2 aromatic carbocycles. The fourth-order valence-corrected chi connectivity index (χ4v) is 3.18. The van der Waals surface area contributed by atoms with Gasteiger partial charge in [0.15, 0.2) is 0 Å². The number of benzene rings is 2. The first-order valence-corrected chi connectivity index (χ1v) is 9.17. The van der Waals surface area contributed by atoms with E-state index in [4.69, 9.17) is 16.1 Å². The molecule has 4 aromatic rings. The van der Waals surface area contributed by atoms with Gasteiger partial charge in [-0.25, -0.2) is 8.78 Å². The molecule has 1 amide bonds. The van der Waals surface area contributed by atoms with Crippen molar-refractivity contribution in [2.45, 2.75) is 12.8 Å². The van der Waals surface area contributed by atoms with Crippen molar-refractivity contribution in [1.29, 1.82) is 0 Å². The number of hydrogen-bond acceptors (Lipinski definition) is 4. The molecule has 0 saturated carbocycles. The van der Waals surface area contributed by atoms with Crippen molar-refractivity contribution in [3.8, 4) is 0 Å². The van der Waals surface area contributed by atoms with Gasteiger partial charge in [0.05, 0.1) is 6.42 Å². The second-order valence-electron chi connectivity index (χ2n) is 6.43. The van der Waals surface area contributed by atoms with E-state index in [1.54, 1.807) is 6.07 Å². The van der Waals surface area contributed by atoms with Gasteiger partial charge in [-0.1, -0.05) is 16.8 Å². The summed E-state index contributed by atoms with van der Waals surface area (Å²) in [5.41, 5.74) is 2.04. The van der Waals surface area contributed by atoms with E-state index < -0.39 is 17.5 Å². The Morgan fingerprint density at radius 2 is 2.03 bits per heavy atom. The van der Waals surface area contributed by atoms with Crippen LogP contribution in [-0.2, 0) is 12.8 Å². The third-order valence-corrected chi connectivity index (χ3v) is 4.67. The van der Waals surface area contributed by atoms with E-state index in [1.807, 2.05) is 18.3 Å². The second-order valence-corrected chi connectivity index (χ2v) is 6.87. The highest BCUT2D eigenvalue weighted by Crippen LogP contribution is 2.22.